The molecule has 5 heteroatoms. The fourth-order valence-electron chi connectivity index (χ4n) is 2.41. The summed E-state index contributed by atoms with van der Waals surface area (Å²) in [6, 6.07) is 6.15. The Morgan fingerprint density at radius 2 is 1.95 bits per heavy atom. The normalized spacial score (nSPS) is 19.3. The second kappa shape index (κ2) is 6.12. The summed E-state index contributed by atoms with van der Waals surface area (Å²) in [7, 11) is 0. The summed E-state index contributed by atoms with van der Waals surface area (Å²) in [6.45, 7) is 4.89. The van der Waals surface area contributed by atoms with E-state index >= 15 is 0 Å². The molecular formula is C14H20N2O3. The summed E-state index contributed by atoms with van der Waals surface area (Å²) in [5, 5.41) is 20.7. The Balaban J connectivity index is 1.92. The SMILES string of the molecule is CC1CCN(C[C@@H](O)c2ccc([N+](=O)[O-])cc2)CC1. The number of hydrogen-bond acceptors (Lipinski definition) is 4. The van der Waals surface area contributed by atoms with Crippen molar-refractivity contribution >= 4 is 5.69 Å². The van der Waals surface area contributed by atoms with Gasteiger partial charge in [0.2, 0.25) is 0 Å². The molecule has 0 saturated carbocycles. The molecule has 0 aliphatic carbocycles. The predicted molar refractivity (Wildman–Crippen MR) is 72.9 cm³/mol. The molecule has 0 bridgehead atoms. The third kappa shape index (κ3) is 3.75. The lowest BCUT2D eigenvalue weighted by Crippen LogP contribution is -2.35. The topological polar surface area (TPSA) is 66.6 Å². The van der Waals surface area contributed by atoms with Crippen LogP contribution in [0, 0.1) is 16.0 Å². The number of non-ortho nitro benzene ring substituents is 1. The third-order valence-corrected chi connectivity index (χ3v) is 3.80. The molecule has 0 aromatic heterocycles. The van der Waals surface area contributed by atoms with E-state index in [9.17, 15) is 15.2 Å². The maximum absolute atomic E-state index is 10.6. The Kier molecular flexibility index (Phi) is 4.50. The van der Waals surface area contributed by atoms with E-state index < -0.39 is 11.0 Å². The fraction of sp³-hybridized carbons (Fsp3) is 0.571. The molecule has 1 saturated heterocycles. The fourth-order valence-corrected chi connectivity index (χ4v) is 2.41. The highest BCUT2D eigenvalue weighted by Gasteiger charge is 2.19. The molecule has 1 heterocycles. The van der Waals surface area contributed by atoms with Crippen molar-refractivity contribution in [2.75, 3.05) is 19.6 Å². The molecule has 0 unspecified atom stereocenters. The zero-order chi connectivity index (χ0) is 13.8. The maximum Gasteiger partial charge on any atom is 0.269 e. The molecule has 0 amide bonds. The van der Waals surface area contributed by atoms with Crippen molar-refractivity contribution < 1.29 is 10.0 Å². The number of benzene rings is 1. The van der Waals surface area contributed by atoms with Gasteiger partial charge >= 0.3 is 0 Å². The number of hydrogen-bond donors (Lipinski definition) is 1. The van der Waals surface area contributed by atoms with Crippen LogP contribution in [-0.2, 0) is 0 Å². The first kappa shape index (κ1) is 14.0. The third-order valence-electron chi connectivity index (χ3n) is 3.80. The Labute approximate surface area is 113 Å². The number of rotatable bonds is 4. The average molecular weight is 264 g/mol. The van der Waals surface area contributed by atoms with Crippen molar-refractivity contribution in [2.24, 2.45) is 5.92 Å². The van der Waals surface area contributed by atoms with Crippen molar-refractivity contribution in [3.05, 3.63) is 39.9 Å². The van der Waals surface area contributed by atoms with E-state index in [1.807, 2.05) is 0 Å². The number of nitro benzene ring substituents is 1. The number of nitrogens with zero attached hydrogens (tertiary/aromatic N) is 2. The molecular weight excluding hydrogens is 244 g/mol. The van der Waals surface area contributed by atoms with Crippen LogP contribution in [0.3, 0.4) is 0 Å². The van der Waals surface area contributed by atoms with Gasteiger partial charge in [-0.3, -0.25) is 10.1 Å². The van der Waals surface area contributed by atoms with Crippen molar-refractivity contribution in [1.29, 1.82) is 0 Å². The summed E-state index contributed by atoms with van der Waals surface area (Å²) < 4.78 is 0. The number of likely N-dealkylation sites (tertiary alicyclic amines) is 1. The Bertz CT molecular complexity index is 425. The molecule has 1 aromatic rings. The average Bonchev–Trinajstić information content (AvgIpc) is 2.41. The van der Waals surface area contributed by atoms with Crippen LogP contribution in [0.2, 0.25) is 0 Å². The molecule has 1 aliphatic rings. The van der Waals surface area contributed by atoms with E-state index in [-0.39, 0.29) is 5.69 Å². The first-order chi connectivity index (χ1) is 9.06. The van der Waals surface area contributed by atoms with Gasteiger partial charge in [-0.05, 0) is 49.5 Å². The first-order valence-corrected chi connectivity index (χ1v) is 6.71. The van der Waals surface area contributed by atoms with Crippen LogP contribution in [0.25, 0.3) is 0 Å². The number of piperidine rings is 1. The number of nitro groups is 1. The van der Waals surface area contributed by atoms with Crippen LogP contribution in [0.4, 0.5) is 5.69 Å². The summed E-state index contributed by atoms with van der Waals surface area (Å²) >= 11 is 0. The molecule has 1 atom stereocenters. The summed E-state index contributed by atoms with van der Waals surface area (Å²) in [4.78, 5) is 12.4. The Morgan fingerprint density at radius 1 is 1.37 bits per heavy atom. The quantitative estimate of drug-likeness (QED) is 0.669. The van der Waals surface area contributed by atoms with Crippen LogP contribution in [0.5, 0.6) is 0 Å². The minimum atomic E-state index is -0.575. The lowest BCUT2D eigenvalue weighted by molar-refractivity contribution is -0.384. The molecule has 0 radical (unpaired) electrons. The van der Waals surface area contributed by atoms with E-state index in [0.717, 1.165) is 24.6 Å². The molecule has 5 nitrogen and oxygen atoms in total. The molecule has 1 aromatic carbocycles. The standard InChI is InChI=1S/C14H20N2O3/c1-11-6-8-15(9-7-11)10-14(17)12-2-4-13(5-3-12)16(18)19/h2-5,11,14,17H,6-10H2,1H3/t14-/m1/s1. The molecule has 0 spiro atoms. The van der Waals surface area contributed by atoms with Gasteiger partial charge in [0.25, 0.3) is 5.69 Å². The highest BCUT2D eigenvalue weighted by atomic mass is 16.6. The largest absolute Gasteiger partial charge is 0.387 e. The van der Waals surface area contributed by atoms with Gasteiger partial charge in [-0.2, -0.15) is 0 Å². The van der Waals surface area contributed by atoms with Crippen LogP contribution >= 0.6 is 0 Å². The van der Waals surface area contributed by atoms with Crippen LogP contribution < -0.4 is 0 Å². The predicted octanol–water partition coefficient (Wildman–Crippen LogP) is 2.36. The van der Waals surface area contributed by atoms with E-state index in [0.29, 0.717) is 6.54 Å². The zero-order valence-electron chi connectivity index (χ0n) is 11.2. The maximum atomic E-state index is 10.6. The summed E-state index contributed by atoms with van der Waals surface area (Å²) in [5.41, 5.74) is 0.798. The van der Waals surface area contributed by atoms with Gasteiger partial charge in [-0.1, -0.05) is 6.92 Å². The molecule has 1 fully saturated rings. The smallest absolute Gasteiger partial charge is 0.269 e. The van der Waals surface area contributed by atoms with Crippen LogP contribution in [0.15, 0.2) is 24.3 Å². The van der Waals surface area contributed by atoms with E-state index in [4.69, 9.17) is 0 Å². The highest BCUT2D eigenvalue weighted by molar-refractivity contribution is 5.33. The lowest BCUT2D eigenvalue weighted by Gasteiger charge is -2.31. The first-order valence-electron chi connectivity index (χ1n) is 6.71. The van der Waals surface area contributed by atoms with Gasteiger partial charge in [0.05, 0.1) is 11.0 Å². The van der Waals surface area contributed by atoms with Gasteiger partial charge in [0.1, 0.15) is 0 Å². The minimum absolute atomic E-state index is 0.0581. The van der Waals surface area contributed by atoms with Gasteiger partial charge in [0, 0.05) is 18.7 Å². The second-order valence-corrected chi connectivity index (χ2v) is 5.35. The molecule has 1 aliphatic heterocycles. The Hall–Kier alpha value is -1.46. The van der Waals surface area contributed by atoms with Crippen molar-refractivity contribution in [2.45, 2.75) is 25.9 Å². The monoisotopic (exact) mass is 264 g/mol. The van der Waals surface area contributed by atoms with E-state index in [1.54, 1.807) is 12.1 Å². The van der Waals surface area contributed by atoms with E-state index in [1.165, 1.54) is 25.0 Å². The highest BCUT2D eigenvalue weighted by Crippen LogP contribution is 2.21. The Morgan fingerprint density at radius 3 is 2.47 bits per heavy atom. The van der Waals surface area contributed by atoms with Gasteiger partial charge in [-0.25, -0.2) is 0 Å². The lowest BCUT2D eigenvalue weighted by atomic mass is 9.98. The van der Waals surface area contributed by atoms with Gasteiger partial charge < -0.3 is 10.0 Å². The second-order valence-electron chi connectivity index (χ2n) is 5.35. The summed E-state index contributed by atoms with van der Waals surface area (Å²) in [5.74, 6) is 0.771. The summed E-state index contributed by atoms with van der Waals surface area (Å²) in [6.07, 6.45) is 1.77. The number of β-amino-alcohol motifs (C(OH)–C–C–N with tert-alkyl or cyclic N) is 1. The van der Waals surface area contributed by atoms with Gasteiger partial charge in [-0.15, -0.1) is 0 Å². The molecule has 1 N–H and O–H groups in total. The molecule has 2 rings (SSSR count). The van der Waals surface area contributed by atoms with Gasteiger partial charge in [0.15, 0.2) is 0 Å². The van der Waals surface area contributed by atoms with Crippen molar-refractivity contribution in [3.8, 4) is 0 Å². The minimum Gasteiger partial charge on any atom is -0.387 e. The molecule has 19 heavy (non-hydrogen) atoms. The number of aliphatic hydroxyl groups excluding tert-OH is 1. The van der Waals surface area contributed by atoms with Crippen molar-refractivity contribution in [1.82, 2.24) is 4.90 Å². The molecule has 104 valence electrons. The number of aliphatic hydroxyl groups is 1. The van der Waals surface area contributed by atoms with E-state index in [2.05, 4.69) is 11.8 Å². The zero-order valence-corrected chi connectivity index (χ0v) is 11.2. The van der Waals surface area contributed by atoms with Crippen LogP contribution in [0.1, 0.15) is 31.4 Å². The van der Waals surface area contributed by atoms with Crippen LogP contribution in [-0.4, -0.2) is 34.6 Å². The van der Waals surface area contributed by atoms with Crippen molar-refractivity contribution in [3.63, 3.8) is 0 Å².